The summed E-state index contributed by atoms with van der Waals surface area (Å²) in [6, 6.07) is 0.420. The molecule has 2 aromatic heterocycles. The summed E-state index contributed by atoms with van der Waals surface area (Å²) in [5.74, 6) is 0.155. The average molecular weight is 249 g/mol. The second kappa shape index (κ2) is 3.04. The molecule has 0 aromatic carbocycles. The summed E-state index contributed by atoms with van der Waals surface area (Å²) in [6.07, 6.45) is 4.11. The van der Waals surface area contributed by atoms with Gasteiger partial charge < -0.3 is 10.3 Å². The Labute approximate surface area is 101 Å². The molecule has 2 aromatic rings. The Kier molecular flexibility index (Phi) is 1.70. The van der Waals surface area contributed by atoms with Crippen LogP contribution in [0.3, 0.4) is 0 Å². The first-order valence-electron chi connectivity index (χ1n) is 5.62. The Morgan fingerprint density at radius 2 is 2.41 bits per heavy atom. The van der Waals surface area contributed by atoms with Crippen LogP contribution in [0.15, 0.2) is 11.1 Å². The standard InChI is InChI=1S/C10H11N5OS/c11-10-13-8-6(9(16)14-10)12-3-15(8)4-1-2-5-7(4)17-5/h3-5,7H,1-2H2,(H3,11,13,14,16)/t4-,5-,7+/m0/s1. The Bertz CT molecular complexity index is 662. The topological polar surface area (TPSA) is 89.6 Å². The minimum absolute atomic E-state index is 0.155. The molecule has 7 heteroatoms. The lowest BCUT2D eigenvalue weighted by molar-refractivity contribution is 0.547. The van der Waals surface area contributed by atoms with Crippen molar-refractivity contribution < 1.29 is 0 Å². The maximum atomic E-state index is 11.7. The normalized spacial score (nSPS) is 30.7. The van der Waals surface area contributed by atoms with E-state index in [0.717, 1.165) is 11.7 Å². The highest BCUT2D eigenvalue weighted by Gasteiger charge is 2.50. The van der Waals surface area contributed by atoms with Crippen LogP contribution in [0.2, 0.25) is 0 Å². The number of nitrogens with one attached hydrogen (secondary N) is 1. The van der Waals surface area contributed by atoms with E-state index in [2.05, 4.69) is 15.0 Å². The molecule has 3 atom stereocenters. The lowest BCUT2D eigenvalue weighted by Crippen LogP contribution is -2.15. The lowest BCUT2D eigenvalue weighted by Gasteiger charge is -2.13. The van der Waals surface area contributed by atoms with Crippen molar-refractivity contribution >= 4 is 28.9 Å². The van der Waals surface area contributed by atoms with Crippen LogP contribution >= 0.6 is 11.8 Å². The van der Waals surface area contributed by atoms with Gasteiger partial charge in [-0.1, -0.05) is 0 Å². The average Bonchev–Trinajstić information content (AvgIpc) is 2.75. The zero-order chi connectivity index (χ0) is 11.6. The van der Waals surface area contributed by atoms with Gasteiger partial charge in [0.05, 0.1) is 6.33 Å². The molecule has 4 rings (SSSR count). The van der Waals surface area contributed by atoms with Crippen LogP contribution in [0.25, 0.3) is 11.2 Å². The molecule has 3 N–H and O–H groups in total. The number of aromatic nitrogens is 4. The third kappa shape index (κ3) is 1.25. The van der Waals surface area contributed by atoms with Crippen LogP contribution in [0.5, 0.6) is 0 Å². The quantitative estimate of drug-likeness (QED) is 0.719. The number of anilines is 1. The predicted octanol–water partition coefficient (Wildman–Crippen LogP) is 0.521. The van der Waals surface area contributed by atoms with Crippen LogP contribution in [-0.4, -0.2) is 30.0 Å². The van der Waals surface area contributed by atoms with E-state index in [1.165, 1.54) is 6.42 Å². The molecule has 88 valence electrons. The molecular weight excluding hydrogens is 238 g/mol. The number of thioether (sulfide) groups is 1. The largest absolute Gasteiger partial charge is 0.369 e. The number of fused-ring (bicyclic) bond motifs is 2. The van der Waals surface area contributed by atoms with Gasteiger partial charge in [0.15, 0.2) is 11.2 Å². The second-order valence-corrected chi connectivity index (χ2v) is 5.98. The molecule has 1 saturated heterocycles. The van der Waals surface area contributed by atoms with Gasteiger partial charge in [-0.2, -0.15) is 16.7 Å². The van der Waals surface area contributed by atoms with Gasteiger partial charge in [-0.05, 0) is 12.8 Å². The van der Waals surface area contributed by atoms with Gasteiger partial charge in [0.25, 0.3) is 5.56 Å². The summed E-state index contributed by atoms with van der Waals surface area (Å²) in [7, 11) is 0. The molecule has 0 bridgehead atoms. The zero-order valence-electron chi connectivity index (χ0n) is 8.96. The summed E-state index contributed by atoms with van der Waals surface area (Å²) < 4.78 is 2.02. The van der Waals surface area contributed by atoms with Crippen molar-refractivity contribution in [3.05, 3.63) is 16.7 Å². The van der Waals surface area contributed by atoms with E-state index in [4.69, 9.17) is 5.73 Å². The fourth-order valence-corrected chi connectivity index (χ4v) is 4.06. The fraction of sp³-hybridized carbons (Fsp3) is 0.500. The highest BCUT2D eigenvalue weighted by molar-refractivity contribution is 8.07. The lowest BCUT2D eigenvalue weighted by atomic mass is 10.2. The van der Waals surface area contributed by atoms with E-state index in [0.29, 0.717) is 22.5 Å². The van der Waals surface area contributed by atoms with Crippen LogP contribution in [-0.2, 0) is 0 Å². The monoisotopic (exact) mass is 249 g/mol. The molecular formula is C10H11N5OS. The summed E-state index contributed by atoms with van der Waals surface area (Å²) in [5.41, 5.74) is 6.32. The van der Waals surface area contributed by atoms with Gasteiger partial charge in [0.1, 0.15) is 0 Å². The van der Waals surface area contributed by atoms with E-state index in [1.54, 1.807) is 6.33 Å². The number of imidazole rings is 1. The number of hydrogen-bond donors (Lipinski definition) is 2. The van der Waals surface area contributed by atoms with Crippen molar-refractivity contribution in [3.8, 4) is 0 Å². The third-order valence-electron chi connectivity index (χ3n) is 3.56. The molecule has 0 radical (unpaired) electrons. The minimum atomic E-state index is -0.260. The van der Waals surface area contributed by atoms with Gasteiger partial charge >= 0.3 is 0 Å². The molecule has 0 unspecified atom stereocenters. The molecule has 0 spiro atoms. The van der Waals surface area contributed by atoms with Gasteiger partial charge in [0.2, 0.25) is 5.95 Å². The van der Waals surface area contributed by atoms with Crippen molar-refractivity contribution in [2.75, 3.05) is 5.73 Å². The first-order chi connectivity index (χ1) is 8.24. The van der Waals surface area contributed by atoms with E-state index < -0.39 is 0 Å². The number of hydrogen-bond acceptors (Lipinski definition) is 5. The second-order valence-electron chi connectivity index (χ2n) is 4.56. The number of rotatable bonds is 1. The van der Waals surface area contributed by atoms with Crippen molar-refractivity contribution in [2.45, 2.75) is 29.4 Å². The molecule has 0 amide bonds. The van der Waals surface area contributed by atoms with E-state index >= 15 is 0 Å². The fourth-order valence-electron chi connectivity index (χ4n) is 2.71. The first kappa shape index (κ1) is 9.52. The molecule has 3 heterocycles. The van der Waals surface area contributed by atoms with Crippen molar-refractivity contribution in [1.29, 1.82) is 0 Å². The third-order valence-corrected chi connectivity index (χ3v) is 5.08. The van der Waals surface area contributed by atoms with Gasteiger partial charge in [-0.3, -0.25) is 9.78 Å². The number of nitrogens with two attached hydrogens (primary N) is 1. The maximum Gasteiger partial charge on any atom is 0.280 e. The number of aromatic amines is 1. The highest BCUT2D eigenvalue weighted by Crippen LogP contribution is 2.58. The van der Waals surface area contributed by atoms with E-state index in [-0.39, 0.29) is 11.5 Å². The predicted molar refractivity (Wildman–Crippen MR) is 66.0 cm³/mol. The number of H-pyrrole nitrogens is 1. The Morgan fingerprint density at radius 1 is 1.53 bits per heavy atom. The van der Waals surface area contributed by atoms with Crippen LogP contribution < -0.4 is 11.3 Å². The van der Waals surface area contributed by atoms with Gasteiger partial charge in [0, 0.05) is 16.5 Å². The summed E-state index contributed by atoms with van der Waals surface area (Å²) in [6.45, 7) is 0. The summed E-state index contributed by atoms with van der Waals surface area (Å²) in [4.78, 5) is 22.5. The van der Waals surface area contributed by atoms with Crippen LogP contribution in [0, 0.1) is 0 Å². The van der Waals surface area contributed by atoms with Crippen molar-refractivity contribution in [1.82, 2.24) is 19.5 Å². The van der Waals surface area contributed by atoms with E-state index in [9.17, 15) is 4.79 Å². The van der Waals surface area contributed by atoms with Crippen LogP contribution in [0.1, 0.15) is 18.9 Å². The maximum absolute atomic E-state index is 11.7. The molecule has 2 aliphatic rings. The van der Waals surface area contributed by atoms with Gasteiger partial charge in [-0.15, -0.1) is 0 Å². The number of nitrogen functional groups attached to an aromatic ring is 1. The molecule has 2 fully saturated rings. The summed E-state index contributed by atoms with van der Waals surface area (Å²) >= 11 is 2.01. The Balaban J connectivity index is 1.93. The molecule has 6 nitrogen and oxygen atoms in total. The number of nitrogens with zero attached hydrogens (tertiary/aromatic N) is 3. The van der Waals surface area contributed by atoms with E-state index in [1.807, 2.05) is 16.3 Å². The minimum Gasteiger partial charge on any atom is -0.369 e. The highest BCUT2D eigenvalue weighted by atomic mass is 32.2. The summed E-state index contributed by atoms with van der Waals surface area (Å²) in [5, 5.41) is 1.48. The molecule has 1 saturated carbocycles. The van der Waals surface area contributed by atoms with Gasteiger partial charge in [-0.25, -0.2) is 4.98 Å². The smallest absolute Gasteiger partial charge is 0.280 e. The van der Waals surface area contributed by atoms with Crippen molar-refractivity contribution in [3.63, 3.8) is 0 Å². The Morgan fingerprint density at radius 3 is 3.12 bits per heavy atom. The van der Waals surface area contributed by atoms with Crippen LogP contribution in [0.4, 0.5) is 5.95 Å². The van der Waals surface area contributed by atoms with Crippen molar-refractivity contribution in [2.24, 2.45) is 0 Å². The zero-order valence-corrected chi connectivity index (χ0v) is 9.78. The first-order valence-corrected chi connectivity index (χ1v) is 6.56. The SMILES string of the molecule is Nc1nc2c(ncn2[C@H]2CC[C@@H]3S[C@@H]32)c(=O)[nH]1. The molecule has 1 aliphatic heterocycles. The Hall–Kier alpha value is -1.50. The molecule has 1 aliphatic carbocycles. The molecule has 17 heavy (non-hydrogen) atoms.